The Balaban J connectivity index is 1.50. The van der Waals surface area contributed by atoms with Crippen LogP contribution in [0.3, 0.4) is 0 Å². The van der Waals surface area contributed by atoms with Gasteiger partial charge in [0.1, 0.15) is 5.60 Å². The van der Waals surface area contributed by atoms with Crippen molar-refractivity contribution in [2.75, 3.05) is 23.3 Å². The van der Waals surface area contributed by atoms with Gasteiger partial charge in [-0.3, -0.25) is 9.59 Å². The number of imide groups is 1. The molecule has 2 aromatic rings. The molecule has 2 aliphatic heterocycles. The molecule has 0 saturated carbocycles. The van der Waals surface area contributed by atoms with Crippen LogP contribution >= 0.6 is 0 Å². The van der Waals surface area contributed by atoms with Crippen molar-refractivity contribution in [3.05, 3.63) is 59.2 Å². The second kappa shape index (κ2) is 8.30. The summed E-state index contributed by atoms with van der Waals surface area (Å²) in [6, 6.07) is 12.7. The number of nitrogens with one attached hydrogen (secondary N) is 1. The summed E-state index contributed by atoms with van der Waals surface area (Å²) < 4.78 is 5.47. The highest BCUT2D eigenvalue weighted by Gasteiger charge is 2.37. The van der Waals surface area contributed by atoms with Crippen LogP contribution in [0.25, 0.3) is 0 Å². The molecule has 2 heterocycles. The SMILES string of the molecule is Cc1ccc(N2C(=O)c3ccccc3C2=O)c(NC2CCN(C(=O)OC(C)(C)C)CC2)c1. The Morgan fingerprint density at radius 3 is 2.16 bits per heavy atom. The molecular weight excluding hydrogens is 406 g/mol. The van der Waals surface area contributed by atoms with Crippen molar-refractivity contribution in [2.45, 2.75) is 52.2 Å². The monoisotopic (exact) mass is 435 g/mol. The van der Waals surface area contributed by atoms with Gasteiger partial charge in [-0.15, -0.1) is 0 Å². The van der Waals surface area contributed by atoms with E-state index in [4.69, 9.17) is 4.74 Å². The molecular formula is C25H29N3O4. The highest BCUT2D eigenvalue weighted by Crippen LogP contribution is 2.35. The number of anilines is 2. The van der Waals surface area contributed by atoms with E-state index in [-0.39, 0.29) is 23.9 Å². The maximum atomic E-state index is 13.0. The van der Waals surface area contributed by atoms with Crippen LogP contribution in [0.15, 0.2) is 42.5 Å². The van der Waals surface area contributed by atoms with Crippen LogP contribution in [0, 0.1) is 6.92 Å². The normalized spacial score (nSPS) is 16.9. The quantitative estimate of drug-likeness (QED) is 0.713. The summed E-state index contributed by atoms with van der Waals surface area (Å²) in [6.07, 6.45) is 1.20. The Morgan fingerprint density at radius 1 is 1.00 bits per heavy atom. The van der Waals surface area contributed by atoms with Crippen molar-refractivity contribution in [1.82, 2.24) is 4.90 Å². The number of ether oxygens (including phenoxy) is 1. The molecule has 2 aliphatic rings. The fourth-order valence-corrected chi connectivity index (χ4v) is 4.12. The van der Waals surface area contributed by atoms with Crippen molar-refractivity contribution >= 4 is 29.3 Å². The zero-order valence-corrected chi connectivity index (χ0v) is 19.0. The number of benzene rings is 2. The molecule has 1 N–H and O–H groups in total. The zero-order valence-electron chi connectivity index (χ0n) is 19.0. The first-order valence-corrected chi connectivity index (χ1v) is 11.0. The van der Waals surface area contributed by atoms with E-state index in [2.05, 4.69) is 5.32 Å². The van der Waals surface area contributed by atoms with Crippen molar-refractivity contribution < 1.29 is 19.1 Å². The molecule has 3 amide bonds. The summed E-state index contributed by atoms with van der Waals surface area (Å²) in [5.74, 6) is -0.616. The van der Waals surface area contributed by atoms with E-state index in [9.17, 15) is 14.4 Å². The minimum Gasteiger partial charge on any atom is -0.444 e. The fraction of sp³-hybridized carbons (Fsp3) is 0.400. The van der Waals surface area contributed by atoms with E-state index in [1.165, 1.54) is 4.90 Å². The van der Waals surface area contributed by atoms with Crippen LogP contribution in [0.2, 0.25) is 0 Å². The Bertz CT molecular complexity index is 1030. The van der Waals surface area contributed by atoms with Crippen molar-refractivity contribution in [3.8, 4) is 0 Å². The summed E-state index contributed by atoms with van der Waals surface area (Å²) in [6.45, 7) is 8.72. The van der Waals surface area contributed by atoms with Gasteiger partial charge in [-0.05, 0) is 70.4 Å². The first-order chi connectivity index (χ1) is 15.1. The number of hydrogen-bond donors (Lipinski definition) is 1. The molecule has 0 bridgehead atoms. The number of fused-ring (bicyclic) bond motifs is 1. The summed E-state index contributed by atoms with van der Waals surface area (Å²) >= 11 is 0. The number of aryl methyl sites for hydroxylation is 1. The average molecular weight is 436 g/mol. The third kappa shape index (κ3) is 4.33. The van der Waals surface area contributed by atoms with Gasteiger partial charge >= 0.3 is 6.09 Å². The number of likely N-dealkylation sites (tertiary alicyclic amines) is 1. The van der Waals surface area contributed by atoms with Crippen LogP contribution in [-0.2, 0) is 4.74 Å². The Kier molecular flexibility index (Phi) is 5.67. The number of hydrogen-bond acceptors (Lipinski definition) is 5. The van der Waals surface area contributed by atoms with E-state index in [0.29, 0.717) is 29.9 Å². The van der Waals surface area contributed by atoms with Gasteiger partial charge < -0.3 is 15.0 Å². The molecule has 0 spiro atoms. The summed E-state index contributed by atoms with van der Waals surface area (Å²) in [5, 5.41) is 3.52. The van der Waals surface area contributed by atoms with Crippen LogP contribution in [0.1, 0.15) is 59.9 Å². The van der Waals surface area contributed by atoms with Gasteiger partial charge in [-0.25, -0.2) is 9.69 Å². The Labute approximate surface area is 188 Å². The molecule has 1 saturated heterocycles. The summed E-state index contributed by atoms with van der Waals surface area (Å²) in [5.41, 5.74) is 2.66. The first-order valence-electron chi connectivity index (χ1n) is 11.0. The molecule has 0 aromatic heterocycles. The third-order valence-electron chi connectivity index (χ3n) is 5.69. The molecule has 7 nitrogen and oxygen atoms in total. The van der Waals surface area contributed by atoms with Gasteiger partial charge in [-0.2, -0.15) is 0 Å². The largest absolute Gasteiger partial charge is 0.444 e. The summed E-state index contributed by atoms with van der Waals surface area (Å²) in [7, 11) is 0. The standard InChI is InChI=1S/C25H29N3O4/c1-16-9-10-21(28-22(29)18-7-5-6-8-19(18)23(28)30)20(15-16)26-17-11-13-27(14-12-17)24(31)32-25(2,3)4/h5-10,15,17,26H,11-14H2,1-4H3. The first kappa shape index (κ1) is 21.9. The number of nitrogens with zero attached hydrogens (tertiary/aromatic N) is 2. The second-order valence-corrected chi connectivity index (χ2v) is 9.40. The lowest BCUT2D eigenvalue weighted by Crippen LogP contribution is -2.44. The Hall–Kier alpha value is -3.35. The van der Waals surface area contributed by atoms with E-state index < -0.39 is 5.60 Å². The average Bonchev–Trinajstić information content (AvgIpc) is 2.98. The molecule has 7 heteroatoms. The van der Waals surface area contributed by atoms with Crippen LogP contribution in [-0.4, -0.2) is 47.5 Å². The van der Waals surface area contributed by atoms with Crippen LogP contribution < -0.4 is 10.2 Å². The van der Waals surface area contributed by atoms with Gasteiger partial charge in [0.25, 0.3) is 11.8 Å². The van der Waals surface area contributed by atoms with E-state index in [1.807, 2.05) is 45.9 Å². The predicted octanol–water partition coefficient (Wildman–Crippen LogP) is 4.61. The van der Waals surface area contributed by atoms with Gasteiger partial charge in [0, 0.05) is 19.1 Å². The Morgan fingerprint density at radius 2 is 1.59 bits per heavy atom. The molecule has 168 valence electrons. The molecule has 0 aliphatic carbocycles. The van der Waals surface area contributed by atoms with Gasteiger partial charge in [-0.1, -0.05) is 18.2 Å². The number of piperidine rings is 1. The van der Waals surface area contributed by atoms with Gasteiger partial charge in [0.05, 0.1) is 22.5 Å². The van der Waals surface area contributed by atoms with Crippen molar-refractivity contribution in [2.24, 2.45) is 0 Å². The third-order valence-corrected chi connectivity index (χ3v) is 5.69. The summed E-state index contributed by atoms with van der Waals surface area (Å²) in [4.78, 5) is 41.3. The maximum absolute atomic E-state index is 13.0. The lowest BCUT2D eigenvalue weighted by molar-refractivity contribution is 0.0210. The van der Waals surface area contributed by atoms with Crippen molar-refractivity contribution in [3.63, 3.8) is 0 Å². The second-order valence-electron chi connectivity index (χ2n) is 9.40. The topological polar surface area (TPSA) is 79.0 Å². The molecule has 0 unspecified atom stereocenters. The van der Waals surface area contributed by atoms with Crippen LogP contribution in [0.5, 0.6) is 0 Å². The minimum atomic E-state index is -0.519. The number of rotatable bonds is 3. The lowest BCUT2D eigenvalue weighted by atomic mass is 10.0. The van der Waals surface area contributed by atoms with Crippen molar-refractivity contribution in [1.29, 1.82) is 0 Å². The van der Waals surface area contributed by atoms with E-state index in [0.717, 1.165) is 24.1 Å². The molecule has 4 rings (SSSR count). The molecule has 32 heavy (non-hydrogen) atoms. The van der Waals surface area contributed by atoms with E-state index in [1.54, 1.807) is 29.2 Å². The highest BCUT2D eigenvalue weighted by molar-refractivity contribution is 6.35. The number of amides is 3. The van der Waals surface area contributed by atoms with E-state index >= 15 is 0 Å². The number of carbonyl (C=O) groups is 3. The predicted molar refractivity (Wildman–Crippen MR) is 123 cm³/mol. The zero-order chi connectivity index (χ0) is 23.0. The molecule has 0 radical (unpaired) electrons. The molecule has 0 atom stereocenters. The van der Waals surface area contributed by atoms with Crippen LogP contribution in [0.4, 0.5) is 16.2 Å². The molecule has 2 aromatic carbocycles. The highest BCUT2D eigenvalue weighted by atomic mass is 16.6. The minimum absolute atomic E-state index is 0.115. The van der Waals surface area contributed by atoms with Gasteiger partial charge in [0.15, 0.2) is 0 Å². The smallest absolute Gasteiger partial charge is 0.410 e. The van der Waals surface area contributed by atoms with Gasteiger partial charge in [0.2, 0.25) is 0 Å². The number of carbonyl (C=O) groups excluding carboxylic acids is 3. The fourth-order valence-electron chi connectivity index (χ4n) is 4.12. The molecule has 1 fully saturated rings. The lowest BCUT2D eigenvalue weighted by Gasteiger charge is -2.34. The maximum Gasteiger partial charge on any atom is 0.410 e.